The van der Waals surface area contributed by atoms with Crippen LogP contribution in [0.1, 0.15) is 13.8 Å². The summed E-state index contributed by atoms with van der Waals surface area (Å²) in [5, 5.41) is -0.916. The van der Waals surface area contributed by atoms with Gasteiger partial charge in [0.15, 0.2) is 0 Å². The van der Waals surface area contributed by atoms with Gasteiger partial charge in [-0.2, -0.15) is 0 Å². The van der Waals surface area contributed by atoms with E-state index < -0.39 is 27.0 Å². The molecule has 0 unspecified atom stereocenters. The Labute approximate surface area is 150 Å². The van der Waals surface area contributed by atoms with Crippen LogP contribution >= 0.6 is 11.6 Å². The summed E-state index contributed by atoms with van der Waals surface area (Å²) in [6, 6.07) is 9.23. The van der Waals surface area contributed by atoms with Crippen molar-refractivity contribution in [2.45, 2.75) is 24.0 Å². The van der Waals surface area contributed by atoms with Crippen molar-refractivity contribution in [3.63, 3.8) is 0 Å². The summed E-state index contributed by atoms with van der Waals surface area (Å²) in [5.41, 5.74) is 0. The van der Waals surface area contributed by atoms with Gasteiger partial charge in [-0.1, -0.05) is 35.9 Å². The van der Waals surface area contributed by atoms with E-state index >= 15 is 0 Å². The molecule has 0 aliphatic rings. The number of hydrogen-bond acceptors (Lipinski definition) is 6. The van der Waals surface area contributed by atoms with Crippen molar-refractivity contribution in [2.75, 3.05) is 13.2 Å². The number of fused-ring (bicyclic) bond motifs is 1. The largest absolute Gasteiger partial charge is 0.465 e. The minimum atomic E-state index is -4.40. The molecule has 0 amide bonds. The molecule has 0 heterocycles. The normalized spacial score (nSPS) is 11.5. The first-order valence-electron chi connectivity index (χ1n) is 7.59. The molecule has 0 atom stereocenters. The van der Waals surface area contributed by atoms with E-state index in [1.54, 1.807) is 24.3 Å². The number of esters is 2. The number of hydrogen-bond donors (Lipinski definition) is 0. The lowest BCUT2D eigenvalue weighted by Gasteiger charge is -2.16. The number of rotatable bonds is 6. The van der Waals surface area contributed by atoms with Gasteiger partial charge < -0.3 is 9.47 Å². The third kappa shape index (κ3) is 3.77. The monoisotopic (exact) mass is 384 g/mol. The van der Waals surface area contributed by atoms with Gasteiger partial charge in [0.2, 0.25) is 9.84 Å². The smallest absolute Gasteiger partial charge is 0.336 e. The molecule has 134 valence electrons. The second-order valence-corrected chi connectivity index (χ2v) is 7.43. The number of benzene rings is 2. The minimum Gasteiger partial charge on any atom is -0.465 e. The number of sulfone groups is 1. The lowest BCUT2D eigenvalue weighted by atomic mass is 10.1. The van der Waals surface area contributed by atoms with Crippen molar-refractivity contribution < 1.29 is 27.5 Å². The van der Waals surface area contributed by atoms with Crippen LogP contribution in [0.15, 0.2) is 41.3 Å². The van der Waals surface area contributed by atoms with Gasteiger partial charge in [0.25, 0.3) is 5.25 Å². The molecule has 0 bridgehead atoms. The van der Waals surface area contributed by atoms with Crippen LogP contribution in [0.4, 0.5) is 0 Å². The standard InChI is InChI=1S/C17H17ClO6S/c1-3-23-16(19)15(17(20)24-4-2)25(21,22)14-10-9-13(18)11-7-5-6-8-12(11)14/h5-10,15H,3-4H2,1-2H3. The van der Waals surface area contributed by atoms with E-state index in [1.807, 2.05) is 0 Å². The van der Waals surface area contributed by atoms with E-state index in [0.29, 0.717) is 15.8 Å². The Bertz CT molecular complexity index is 888. The van der Waals surface area contributed by atoms with E-state index in [1.165, 1.54) is 26.0 Å². The first-order valence-corrected chi connectivity index (χ1v) is 9.51. The molecule has 2 aromatic rings. The maximum Gasteiger partial charge on any atom is 0.336 e. The molecule has 6 nitrogen and oxygen atoms in total. The molecule has 0 saturated carbocycles. The fourth-order valence-corrected chi connectivity index (χ4v) is 4.26. The second-order valence-electron chi connectivity index (χ2n) is 5.02. The first-order chi connectivity index (χ1) is 11.8. The summed E-state index contributed by atoms with van der Waals surface area (Å²) >= 11 is 6.11. The lowest BCUT2D eigenvalue weighted by molar-refractivity contribution is -0.153. The molecule has 0 saturated heterocycles. The highest BCUT2D eigenvalue weighted by molar-refractivity contribution is 7.93. The van der Waals surface area contributed by atoms with Crippen LogP contribution in [0, 0.1) is 0 Å². The third-order valence-corrected chi connectivity index (χ3v) is 5.75. The van der Waals surface area contributed by atoms with Crippen LogP contribution in [-0.2, 0) is 28.9 Å². The fourth-order valence-electron chi connectivity index (χ4n) is 2.40. The summed E-state index contributed by atoms with van der Waals surface area (Å²) in [5.74, 6) is -2.33. The second kappa shape index (κ2) is 7.84. The van der Waals surface area contributed by atoms with E-state index in [4.69, 9.17) is 21.1 Å². The quantitative estimate of drug-likeness (QED) is 0.562. The zero-order chi connectivity index (χ0) is 18.6. The lowest BCUT2D eigenvalue weighted by Crippen LogP contribution is -2.40. The average molecular weight is 385 g/mol. The van der Waals surface area contributed by atoms with Crippen LogP contribution in [-0.4, -0.2) is 38.8 Å². The molecule has 2 aromatic carbocycles. The number of carbonyl (C=O) groups is 2. The predicted molar refractivity (Wildman–Crippen MR) is 93.2 cm³/mol. The Morgan fingerprint density at radius 1 is 0.960 bits per heavy atom. The van der Waals surface area contributed by atoms with Crippen LogP contribution in [0.5, 0.6) is 0 Å². The van der Waals surface area contributed by atoms with Crippen molar-refractivity contribution in [2.24, 2.45) is 0 Å². The van der Waals surface area contributed by atoms with Crippen molar-refractivity contribution in [3.05, 3.63) is 41.4 Å². The molecule has 0 fully saturated rings. The van der Waals surface area contributed by atoms with Gasteiger partial charge in [0.1, 0.15) is 0 Å². The Morgan fingerprint density at radius 2 is 1.48 bits per heavy atom. The van der Waals surface area contributed by atoms with Crippen LogP contribution in [0.25, 0.3) is 10.8 Å². The van der Waals surface area contributed by atoms with Gasteiger partial charge in [0, 0.05) is 15.8 Å². The molecule has 8 heteroatoms. The number of ether oxygens (including phenoxy) is 2. The van der Waals surface area contributed by atoms with Gasteiger partial charge in [-0.3, -0.25) is 0 Å². The highest BCUT2D eigenvalue weighted by Crippen LogP contribution is 2.31. The predicted octanol–water partition coefficient (Wildman–Crippen LogP) is 2.76. The summed E-state index contributed by atoms with van der Waals surface area (Å²) in [4.78, 5) is 24.1. The molecule has 25 heavy (non-hydrogen) atoms. The maximum absolute atomic E-state index is 13.0. The highest BCUT2D eigenvalue weighted by Gasteiger charge is 2.43. The summed E-state index contributed by atoms with van der Waals surface area (Å²) in [6.07, 6.45) is 0. The maximum atomic E-state index is 13.0. The molecule has 0 spiro atoms. The first kappa shape index (κ1) is 19.2. The molecule has 2 rings (SSSR count). The Kier molecular flexibility index (Phi) is 6.02. The van der Waals surface area contributed by atoms with Gasteiger partial charge in [0.05, 0.1) is 18.1 Å². The van der Waals surface area contributed by atoms with Gasteiger partial charge in [-0.05, 0) is 26.0 Å². The summed E-state index contributed by atoms with van der Waals surface area (Å²) < 4.78 is 35.6. The fraction of sp³-hybridized carbons (Fsp3) is 0.294. The number of carbonyl (C=O) groups excluding carboxylic acids is 2. The third-order valence-electron chi connectivity index (χ3n) is 3.45. The molecule has 0 aliphatic carbocycles. The van der Waals surface area contributed by atoms with E-state index in [-0.39, 0.29) is 18.1 Å². The average Bonchev–Trinajstić information content (AvgIpc) is 2.55. The molecule has 0 aromatic heterocycles. The highest BCUT2D eigenvalue weighted by atomic mass is 35.5. The van der Waals surface area contributed by atoms with Crippen LogP contribution in [0.3, 0.4) is 0 Å². The van der Waals surface area contributed by atoms with Crippen molar-refractivity contribution >= 4 is 44.1 Å². The summed E-state index contributed by atoms with van der Waals surface area (Å²) in [6.45, 7) is 2.91. The van der Waals surface area contributed by atoms with E-state index in [9.17, 15) is 18.0 Å². The van der Waals surface area contributed by atoms with E-state index in [0.717, 1.165) is 0 Å². The molecule has 0 aliphatic heterocycles. The zero-order valence-electron chi connectivity index (χ0n) is 13.7. The zero-order valence-corrected chi connectivity index (χ0v) is 15.3. The van der Waals surface area contributed by atoms with Gasteiger partial charge in [-0.25, -0.2) is 18.0 Å². The Balaban J connectivity index is 2.67. The van der Waals surface area contributed by atoms with E-state index in [2.05, 4.69) is 0 Å². The molecule has 0 N–H and O–H groups in total. The van der Waals surface area contributed by atoms with Crippen LogP contribution < -0.4 is 0 Å². The van der Waals surface area contributed by atoms with Crippen molar-refractivity contribution in [1.82, 2.24) is 0 Å². The van der Waals surface area contributed by atoms with Crippen LogP contribution in [0.2, 0.25) is 5.02 Å². The molecular formula is C17H17ClO6S. The van der Waals surface area contributed by atoms with Gasteiger partial charge >= 0.3 is 11.9 Å². The SMILES string of the molecule is CCOC(=O)C(C(=O)OCC)S(=O)(=O)c1ccc(Cl)c2ccccc12. The Morgan fingerprint density at radius 3 is 2.00 bits per heavy atom. The summed E-state index contributed by atoms with van der Waals surface area (Å²) in [7, 11) is -4.40. The van der Waals surface area contributed by atoms with Crippen molar-refractivity contribution in [1.29, 1.82) is 0 Å². The van der Waals surface area contributed by atoms with Gasteiger partial charge in [-0.15, -0.1) is 0 Å². The minimum absolute atomic E-state index is 0.0639. The Hall–Kier alpha value is -2.12. The molecular weight excluding hydrogens is 368 g/mol. The molecule has 0 radical (unpaired) electrons. The number of halogens is 1. The van der Waals surface area contributed by atoms with Crippen molar-refractivity contribution in [3.8, 4) is 0 Å². The topological polar surface area (TPSA) is 86.7 Å².